The number of carbonyl (C=O) groups is 1. The van der Waals surface area contributed by atoms with E-state index in [0.29, 0.717) is 22.2 Å². The number of amides is 1. The molecule has 7 nitrogen and oxygen atoms in total. The minimum absolute atomic E-state index is 0.368. The molecule has 0 unspecified atom stereocenters. The third-order valence-corrected chi connectivity index (χ3v) is 4.52. The second-order valence-corrected chi connectivity index (χ2v) is 6.66. The van der Waals surface area contributed by atoms with Crippen LogP contribution in [0.15, 0.2) is 53.5 Å². The predicted octanol–water partition coefficient (Wildman–Crippen LogP) is 3.48. The lowest BCUT2D eigenvalue weighted by molar-refractivity contribution is -0.119. The second kappa shape index (κ2) is 8.22. The Morgan fingerprint density at radius 2 is 1.93 bits per heavy atom. The van der Waals surface area contributed by atoms with Gasteiger partial charge in [-0.25, -0.2) is 9.48 Å². The number of aromatic nitrogens is 3. The molecule has 8 heteroatoms. The summed E-state index contributed by atoms with van der Waals surface area (Å²) in [5.74, 6) is 0.0854. The van der Waals surface area contributed by atoms with Crippen LogP contribution in [0.1, 0.15) is 18.5 Å². The molecule has 0 aliphatic carbocycles. The third kappa shape index (κ3) is 4.20. The molecule has 3 aromatic rings. The van der Waals surface area contributed by atoms with Crippen LogP contribution in [0.4, 0.5) is 5.69 Å². The van der Waals surface area contributed by atoms with Crippen molar-refractivity contribution in [2.45, 2.75) is 19.9 Å². The highest BCUT2D eigenvalue weighted by molar-refractivity contribution is 6.32. The number of ether oxygens (including phenoxy) is 1. The molecule has 28 heavy (non-hydrogen) atoms. The highest BCUT2D eigenvalue weighted by atomic mass is 35.5. The van der Waals surface area contributed by atoms with Gasteiger partial charge in [-0.3, -0.25) is 4.79 Å². The molecule has 0 saturated heterocycles. The molecular formula is C20H19ClN4O3. The van der Waals surface area contributed by atoms with E-state index in [2.05, 4.69) is 15.4 Å². The summed E-state index contributed by atoms with van der Waals surface area (Å²) in [6.07, 6.45) is 1.47. The van der Waals surface area contributed by atoms with Crippen molar-refractivity contribution in [2.24, 2.45) is 0 Å². The van der Waals surface area contributed by atoms with E-state index in [1.807, 2.05) is 31.2 Å². The average molecular weight is 399 g/mol. The number of anilines is 1. The van der Waals surface area contributed by atoms with Crippen LogP contribution >= 0.6 is 11.6 Å². The lowest BCUT2D eigenvalue weighted by atomic mass is 10.1. The molecular weight excluding hydrogens is 380 g/mol. The summed E-state index contributed by atoms with van der Waals surface area (Å²) in [5, 5.41) is 7.19. The van der Waals surface area contributed by atoms with Crippen molar-refractivity contribution in [2.75, 3.05) is 12.4 Å². The van der Waals surface area contributed by atoms with Gasteiger partial charge in [0.2, 0.25) is 5.91 Å². The van der Waals surface area contributed by atoms with Crippen molar-refractivity contribution >= 4 is 23.2 Å². The van der Waals surface area contributed by atoms with Crippen LogP contribution < -0.4 is 15.7 Å². The first-order chi connectivity index (χ1) is 13.4. The molecule has 144 valence electrons. The maximum atomic E-state index is 12.5. The van der Waals surface area contributed by atoms with E-state index in [1.54, 1.807) is 25.1 Å². The highest BCUT2D eigenvalue weighted by Gasteiger charge is 2.19. The Balaban J connectivity index is 1.79. The fourth-order valence-corrected chi connectivity index (χ4v) is 2.84. The molecule has 2 aromatic carbocycles. The standard InChI is InChI=1S/C20H19ClN4O3/c1-12-4-6-14(7-5-12)17-11-22-25(20(27)24-17)13(2)19(26)23-15-8-9-18(28-3)16(21)10-15/h4-11,13H,1-3H3,(H,23,26)/t13-/m1/s1. The highest BCUT2D eigenvalue weighted by Crippen LogP contribution is 2.27. The third-order valence-electron chi connectivity index (χ3n) is 4.23. The number of benzene rings is 2. The van der Waals surface area contributed by atoms with Gasteiger partial charge in [0, 0.05) is 11.3 Å². The van der Waals surface area contributed by atoms with Crippen molar-refractivity contribution in [3.63, 3.8) is 0 Å². The van der Waals surface area contributed by atoms with Crippen LogP contribution in [-0.2, 0) is 4.79 Å². The lowest BCUT2D eigenvalue weighted by Gasteiger charge is -2.14. The van der Waals surface area contributed by atoms with Gasteiger partial charge in [-0.1, -0.05) is 41.4 Å². The van der Waals surface area contributed by atoms with Gasteiger partial charge < -0.3 is 10.1 Å². The Labute approximate surface area is 166 Å². The molecule has 0 bridgehead atoms. The van der Waals surface area contributed by atoms with E-state index in [9.17, 15) is 9.59 Å². The Morgan fingerprint density at radius 3 is 2.54 bits per heavy atom. The maximum absolute atomic E-state index is 12.5. The molecule has 0 spiro atoms. The summed E-state index contributed by atoms with van der Waals surface area (Å²) in [6.45, 7) is 3.55. The molecule has 0 aliphatic heterocycles. The summed E-state index contributed by atoms with van der Waals surface area (Å²) < 4.78 is 6.12. The van der Waals surface area contributed by atoms with Crippen molar-refractivity contribution in [3.05, 3.63) is 69.7 Å². The second-order valence-electron chi connectivity index (χ2n) is 6.25. The smallest absolute Gasteiger partial charge is 0.365 e. The lowest BCUT2D eigenvalue weighted by Crippen LogP contribution is -2.34. The SMILES string of the molecule is COc1ccc(NC(=O)[C@@H](C)n2ncc(-c3ccc(C)cc3)nc2=O)cc1Cl. The summed E-state index contributed by atoms with van der Waals surface area (Å²) in [4.78, 5) is 28.9. The van der Waals surface area contributed by atoms with Gasteiger partial charge >= 0.3 is 5.69 Å². The monoisotopic (exact) mass is 398 g/mol. The van der Waals surface area contributed by atoms with Crippen LogP contribution in [0.2, 0.25) is 5.02 Å². The number of aryl methyl sites for hydroxylation is 1. The first kappa shape index (κ1) is 19.6. The Kier molecular flexibility index (Phi) is 5.75. The van der Waals surface area contributed by atoms with Gasteiger partial charge in [0.1, 0.15) is 11.8 Å². The largest absolute Gasteiger partial charge is 0.495 e. The topological polar surface area (TPSA) is 86.1 Å². The van der Waals surface area contributed by atoms with Gasteiger partial charge in [-0.15, -0.1) is 0 Å². The van der Waals surface area contributed by atoms with Gasteiger partial charge in [0.15, 0.2) is 0 Å². The number of methoxy groups -OCH3 is 1. The normalized spacial score (nSPS) is 11.7. The van der Waals surface area contributed by atoms with Crippen molar-refractivity contribution in [1.82, 2.24) is 14.8 Å². The van der Waals surface area contributed by atoms with Crippen molar-refractivity contribution < 1.29 is 9.53 Å². The van der Waals surface area contributed by atoms with Gasteiger partial charge in [-0.05, 0) is 32.0 Å². The fourth-order valence-electron chi connectivity index (χ4n) is 2.58. The molecule has 1 heterocycles. The van der Waals surface area contributed by atoms with E-state index in [0.717, 1.165) is 15.8 Å². The fraction of sp³-hybridized carbons (Fsp3) is 0.200. The summed E-state index contributed by atoms with van der Waals surface area (Å²) in [7, 11) is 1.51. The van der Waals surface area contributed by atoms with Gasteiger partial charge in [0.25, 0.3) is 0 Å². The van der Waals surface area contributed by atoms with Crippen LogP contribution in [0.5, 0.6) is 5.75 Å². The summed E-state index contributed by atoms with van der Waals surface area (Å²) in [5.41, 5.74) is 2.23. The van der Waals surface area contributed by atoms with Crippen LogP contribution in [0.3, 0.4) is 0 Å². The molecule has 1 aromatic heterocycles. The minimum Gasteiger partial charge on any atom is -0.495 e. The van der Waals surface area contributed by atoms with Crippen molar-refractivity contribution in [3.8, 4) is 17.0 Å². The van der Waals surface area contributed by atoms with E-state index in [-0.39, 0.29) is 0 Å². The quantitative estimate of drug-likeness (QED) is 0.711. The number of rotatable bonds is 5. The zero-order chi connectivity index (χ0) is 20.3. The number of nitrogens with one attached hydrogen (secondary N) is 1. The molecule has 0 fully saturated rings. The van der Waals surface area contributed by atoms with E-state index >= 15 is 0 Å². The summed E-state index contributed by atoms with van der Waals surface area (Å²) in [6, 6.07) is 11.6. The number of halogens is 1. The molecule has 3 rings (SSSR count). The molecule has 1 N–H and O–H groups in total. The molecule has 0 aliphatic rings. The van der Waals surface area contributed by atoms with E-state index in [1.165, 1.54) is 13.3 Å². The van der Waals surface area contributed by atoms with Gasteiger partial charge in [-0.2, -0.15) is 10.1 Å². The van der Waals surface area contributed by atoms with Gasteiger partial charge in [0.05, 0.1) is 24.0 Å². The molecule has 0 saturated carbocycles. The zero-order valence-electron chi connectivity index (χ0n) is 15.6. The van der Waals surface area contributed by atoms with Crippen LogP contribution in [0, 0.1) is 6.92 Å². The zero-order valence-corrected chi connectivity index (χ0v) is 16.4. The minimum atomic E-state index is -0.854. The number of nitrogens with zero attached hydrogens (tertiary/aromatic N) is 3. The molecule has 1 atom stereocenters. The molecule has 1 amide bonds. The van der Waals surface area contributed by atoms with Crippen molar-refractivity contribution in [1.29, 1.82) is 0 Å². The average Bonchev–Trinajstić information content (AvgIpc) is 2.68. The first-order valence-electron chi connectivity index (χ1n) is 8.56. The van der Waals surface area contributed by atoms with Crippen LogP contribution in [0.25, 0.3) is 11.3 Å². The number of hydrogen-bond acceptors (Lipinski definition) is 5. The predicted molar refractivity (Wildman–Crippen MR) is 108 cm³/mol. The van der Waals surface area contributed by atoms with E-state index in [4.69, 9.17) is 16.3 Å². The number of hydrogen-bond donors (Lipinski definition) is 1. The number of carbonyl (C=O) groups excluding carboxylic acids is 1. The first-order valence-corrected chi connectivity index (χ1v) is 8.94. The Morgan fingerprint density at radius 1 is 1.21 bits per heavy atom. The summed E-state index contributed by atoms with van der Waals surface area (Å²) >= 11 is 6.07. The Bertz CT molecular complexity index is 1060. The Hall–Kier alpha value is -3.19. The maximum Gasteiger partial charge on any atom is 0.365 e. The van der Waals surface area contributed by atoms with E-state index < -0.39 is 17.6 Å². The van der Waals surface area contributed by atoms with Crippen LogP contribution in [-0.4, -0.2) is 27.8 Å². The molecule has 0 radical (unpaired) electrons.